The Balaban J connectivity index is 2.73. The van der Waals surface area contributed by atoms with Crippen molar-refractivity contribution in [2.24, 2.45) is 5.92 Å². The van der Waals surface area contributed by atoms with Crippen LogP contribution < -0.4 is 0 Å². The molecule has 2 atom stereocenters. The van der Waals surface area contributed by atoms with Crippen molar-refractivity contribution in [2.75, 3.05) is 0 Å². The van der Waals surface area contributed by atoms with Gasteiger partial charge in [-0.25, -0.2) is 4.39 Å². The standard InChI is InChI=1S/C12H16ClFO/c1-3-8(2)6-12(15)9-4-5-11(14)10(13)7-9/h4-5,7-8,12,15H,3,6H2,1-2H3. The number of aliphatic hydroxyl groups is 1. The molecule has 0 amide bonds. The monoisotopic (exact) mass is 230 g/mol. The molecular weight excluding hydrogens is 215 g/mol. The van der Waals surface area contributed by atoms with E-state index in [1.165, 1.54) is 12.1 Å². The van der Waals surface area contributed by atoms with Crippen LogP contribution in [0.5, 0.6) is 0 Å². The van der Waals surface area contributed by atoms with Gasteiger partial charge in [-0.3, -0.25) is 0 Å². The van der Waals surface area contributed by atoms with Crippen LogP contribution in [0.2, 0.25) is 5.02 Å². The summed E-state index contributed by atoms with van der Waals surface area (Å²) in [6.45, 7) is 4.16. The Morgan fingerprint density at radius 3 is 2.67 bits per heavy atom. The first-order chi connectivity index (χ1) is 7.04. The molecule has 3 heteroatoms. The van der Waals surface area contributed by atoms with E-state index in [0.29, 0.717) is 17.9 Å². The molecule has 0 spiro atoms. The molecule has 0 heterocycles. The highest BCUT2D eigenvalue weighted by molar-refractivity contribution is 6.30. The number of hydrogen-bond acceptors (Lipinski definition) is 1. The van der Waals surface area contributed by atoms with Gasteiger partial charge in [-0.2, -0.15) is 0 Å². The molecule has 1 nitrogen and oxygen atoms in total. The summed E-state index contributed by atoms with van der Waals surface area (Å²) in [5.74, 6) is -0.0000137. The summed E-state index contributed by atoms with van der Waals surface area (Å²) < 4.78 is 12.9. The van der Waals surface area contributed by atoms with Gasteiger partial charge in [0.15, 0.2) is 0 Å². The molecule has 0 bridgehead atoms. The van der Waals surface area contributed by atoms with Crippen LogP contribution in [-0.4, -0.2) is 5.11 Å². The summed E-state index contributed by atoms with van der Waals surface area (Å²) in [4.78, 5) is 0. The first-order valence-corrected chi connectivity index (χ1v) is 5.55. The largest absolute Gasteiger partial charge is 0.388 e. The summed E-state index contributed by atoms with van der Waals surface area (Å²) in [7, 11) is 0. The Kier molecular flexibility index (Phi) is 4.55. The molecule has 0 aliphatic rings. The molecule has 1 N–H and O–H groups in total. The van der Waals surface area contributed by atoms with Crippen molar-refractivity contribution in [1.82, 2.24) is 0 Å². The number of halogens is 2. The van der Waals surface area contributed by atoms with Crippen LogP contribution in [0.3, 0.4) is 0 Å². The lowest BCUT2D eigenvalue weighted by molar-refractivity contribution is 0.146. The van der Waals surface area contributed by atoms with Gasteiger partial charge in [-0.05, 0) is 30.0 Å². The van der Waals surface area contributed by atoms with E-state index < -0.39 is 11.9 Å². The highest BCUT2D eigenvalue weighted by Gasteiger charge is 2.12. The second-order valence-corrected chi connectivity index (χ2v) is 4.35. The van der Waals surface area contributed by atoms with Crippen molar-refractivity contribution in [3.05, 3.63) is 34.6 Å². The summed E-state index contributed by atoms with van der Waals surface area (Å²) in [5, 5.41) is 9.92. The molecule has 1 aromatic carbocycles. The van der Waals surface area contributed by atoms with Gasteiger partial charge >= 0.3 is 0 Å². The predicted octanol–water partition coefficient (Wildman–Crippen LogP) is 3.95. The van der Waals surface area contributed by atoms with Crippen LogP contribution in [0.25, 0.3) is 0 Å². The van der Waals surface area contributed by atoms with Gasteiger partial charge in [-0.15, -0.1) is 0 Å². The SMILES string of the molecule is CCC(C)CC(O)c1ccc(F)c(Cl)c1. The van der Waals surface area contributed by atoms with Crippen molar-refractivity contribution in [3.63, 3.8) is 0 Å². The van der Waals surface area contributed by atoms with Crippen LogP contribution >= 0.6 is 11.6 Å². The fourth-order valence-corrected chi connectivity index (χ4v) is 1.59. The fourth-order valence-electron chi connectivity index (χ4n) is 1.40. The first-order valence-electron chi connectivity index (χ1n) is 5.17. The van der Waals surface area contributed by atoms with E-state index in [0.717, 1.165) is 6.42 Å². The number of benzene rings is 1. The molecule has 0 saturated heterocycles. The van der Waals surface area contributed by atoms with Crippen LogP contribution in [0.4, 0.5) is 4.39 Å². The quantitative estimate of drug-likeness (QED) is 0.831. The first kappa shape index (κ1) is 12.5. The van der Waals surface area contributed by atoms with E-state index >= 15 is 0 Å². The van der Waals surface area contributed by atoms with Crippen LogP contribution in [-0.2, 0) is 0 Å². The minimum Gasteiger partial charge on any atom is -0.388 e. The van der Waals surface area contributed by atoms with Crippen molar-refractivity contribution in [2.45, 2.75) is 32.8 Å². The van der Waals surface area contributed by atoms with E-state index in [2.05, 4.69) is 13.8 Å². The van der Waals surface area contributed by atoms with E-state index in [1.54, 1.807) is 6.07 Å². The maximum absolute atomic E-state index is 12.9. The zero-order valence-electron chi connectivity index (χ0n) is 9.00. The van der Waals surface area contributed by atoms with Gasteiger partial charge in [-0.1, -0.05) is 37.9 Å². The second-order valence-electron chi connectivity index (χ2n) is 3.94. The smallest absolute Gasteiger partial charge is 0.141 e. The van der Waals surface area contributed by atoms with Gasteiger partial charge in [0.1, 0.15) is 5.82 Å². The van der Waals surface area contributed by atoms with Crippen molar-refractivity contribution in [1.29, 1.82) is 0 Å². The van der Waals surface area contributed by atoms with Gasteiger partial charge in [0.25, 0.3) is 0 Å². The third-order valence-electron chi connectivity index (χ3n) is 2.65. The van der Waals surface area contributed by atoms with Crippen LogP contribution in [0.15, 0.2) is 18.2 Å². The Morgan fingerprint density at radius 1 is 1.47 bits per heavy atom. The molecule has 84 valence electrons. The Labute approximate surface area is 94.9 Å². The molecule has 15 heavy (non-hydrogen) atoms. The predicted molar refractivity (Wildman–Crippen MR) is 60.4 cm³/mol. The second kappa shape index (κ2) is 5.47. The van der Waals surface area contributed by atoms with E-state index in [9.17, 15) is 9.50 Å². The Hall–Kier alpha value is -0.600. The summed E-state index contributed by atoms with van der Waals surface area (Å²) in [6.07, 6.45) is 1.14. The highest BCUT2D eigenvalue weighted by atomic mass is 35.5. The van der Waals surface area contributed by atoms with Crippen molar-refractivity contribution in [3.8, 4) is 0 Å². The zero-order chi connectivity index (χ0) is 11.4. The van der Waals surface area contributed by atoms with Gasteiger partial charge in [0, 0.05) is 0 Å². The molecule has 0 radical (unpaired) electrons. The zero-order valence-corrected chi connectivity index (χ0v) is 9.76. The molecule has 0 aliphatic carbocycles. The van der Waals surface area contributed by atoms with Gasteiger partial charge in [0.2, 0.25) is 0 Å². The number of hydrogen-bond donors (Lipinski definition) is 1. The molecule has 0 aromatic heterocycles. The Morgan fingerprint density at radius 2 is 2.13 bits per heavy atom. The average molecular weight is 231 g/mol. The van der Waals surface area contributed by atoms with E-state index in [-0.39, 0.29) is 5.02 Å². The molecule has 0 aliphatic heterocycles. The minimum absolute atomic E-state index is 0.0655. The lowest BCUT2D eigenvalue weighted by Gasteiger charge is -2.15. The van der Waals surface area contributed by atoms with Gasteiger partial charge < -0.3 is 5.11 Å². The lowest BCUT2D eigenvalue weighted by atomic mass is 9.96. The topological polar surface area (TPSA) is 20.2 Å². The molecule has 1 aromatic rings. The summed E-state index contributed by atoms with van der Waals surface area (Å²) in [6, 6.07) is 4.36. The van der Waals surface area contributed by atoms with Crippen LogP contribution in [0, 0.1) is 11.7 Å². The summed E-state index contributed by atoms with van der Waals surface area (Å²) >= 11 is 5.64. The van der Waals surface area contributed by atoms with Crippen molar-refractivity contribution >= 4 is 11.6 Å². The molecule has 2 unspecified atom stereocenters. The number of aliphatic hydroxyl groups excluding tert-OH is 1. The Bertz CT molecular complexity index is 327. The number of rotatable bonds is 4. The van der Waals surface area contributed by atoms with E-state index in [1.807, 2.05) is 0 Å². The maximum atomic E-state index is 12.9. The molecule has 0 saturated carbocycles. The van der Waals surface area contributed by atoms with Gasteiger partial charge in [0.05, 0.1) is 11.1 Å². The average Bonchev–Trinajstić information content (AvgIpc) is 2.21. The van der Waals surface area contributed by atoms with Crippen LogP contribution in [0.1, 0.15) is 38.4 Å². The maximum Gasteiger partial charge on any atom is 0.141 e. The molecule has 1 rings (SSSR count). The third-order valence-corrected chi connectivity index (χ3v) is 2.94. The minimum atomic E-state index is -0.557. The fraction of sp³-hybridized carbons (Fsp3) is 0.500. The summed E-state index contributed by atoms with van der Waals surface area (Å²) in [5.41, 5.74) is 0.682. The van der Waals surface area contributed by atoms with E-state index in [4.69, 9.17) is 11.6 Å². The van der Waals surface area contributed by atoms with Crippen molar-refractivity contribution < 1.29 is 9.50 Å². The lowest BCUT2D eigenvalue weighted by Crippen LogP contribution is -2.03. The normalized spacial score (nSPS) is 15.0. The third kappa shape index (κ3) is 3.47. The molecular formula is C12H16ClFO. The molecule has 0 fully saturated rings. The highest BCUT2D eigenvalue weighted by Crippen LogP contribution is 2.26.